The van der Waals surface area contributed by atoms with Crippen LogP contribution < -0.4 is 16.0 Å². The van der Waals surface area contributed by atoms with E-state index in [1.165, 1.54) is 21.0 Å². The van der Waals surface area contributed by atoms with Gasteiger partial charge in [-0.2, -0.15) is 0 Å². The molecule has 0 aliphatic heterocycles. The highest BCUT2D eigenvalue weighted by Gasteiger charge is 2.28. The number of methoxy groups -OCH3 is 1. The minimum atomic E-state index is -0.919. The van der Waals surface area contributed by atoms with Crippen LogP contribution in [0.5, 0.6) is 0 Å². The van der Waals surface area contributed by atoms with E-state index in [1.807, 2.05) is 30.3 Å². The second-order valence-corrected chi connectivity index (χ2v) is 6.91. The number of hydrogen-bond donors (Lipinski definition) is 3. The molecular formula is C20H29N3O6. The van der Waals surface area contributed by atoms with Crippen molar-refractivity contribution in [3.8, 4) is 0 Å². The molecule has 3 N–H and O–H groups in total. The molecule has 0 bridgehead atoms. The molecule has 1 rings (SSSR count). The minimum Gasteiger partial charge on any atom is -0.467 e. The topological polar surface area (TPSA) is 123 Å². The first-order valence-electron chi connectivity index (χ1n) is 9.31. The molecule has 160 valence electrons. The number of carbonyl (C=O) groups excluding carboxylic acids is 4. The molecule has 3 amide bonds. The lowest BCUT2D eigenvalue weighted by atomic mass is 10.0. The van der Waals surface area contributed by atoms with E-state index in [0.717, 1.165) is 5.56 Å². The first kappa shape index (κ1) is 23.9. The van der Waals surface area contributed by atoms with Crippen molar-refractivity contribution in [1.29, 1.82) is 0 Å². The molecule has 0 aliphatic carbocycles. The predicted octanol–water partition coefficient (Wildman–Crippen LogP) is 1.12. The van der Waals surface area contributed by atoms with Crippen LogP contribution in [0.25, 0.3) is 0 Å². The number of alkyl carbamates (subject to hydrolysis) is 1. The van der Waals surface area contributed by atoms with Crippen molar-refractivity contribution >= 4 is 23.9 Å². The molecule has 0 saturated carbocycles. The zero-order chi connectivity index (χ0) is 22.0. The third-order valence-electron chi connectivity index (χ3n) is 4.10. The highest BCUT2D eigenvalue weighted by molar-refractivity contribution is 5.92. The van der Waals surface area contributed by atoms with E-state index in [1.54, 1.807) is 13.8 Å². The van der Waals surface area contributed by atoms with Crippen LogP contribution in [0, 0.1) is 5.92 Å². The van der Waals surface area contributed by atoms with Crippen LogP contribution in [-0.4, -0.2) is 49.1 Å². The lowest BCUT2D eigenvalue weighted by molar-refractivity contribution is -0.144. The number of rotatable bonds is 9. The van der Waals surface area contributed by atoms with Crippen LogP contribution in [0.15, 0.2) is 30.3 Å². The molecule has 0 radical (unpaired) electrons. The van der Waals surface area contributed by atoms with Crippen LogP contribution in [0.3, 0.4) is 0 Å². The van der Waals surface area contributed by atoms with Gasteiger partial charge in [0.15, 0.2) is 0 Å². The van der Waals surface area contributed by atoms with Crippen LogP contribution in [0.1, 0.15) is 33.3 Å². The second-order valence-electron chi connectivity index (χ2n) is 6.91. The van der Waals surface area contributed by atoms with Crippen LogP contribution in [0.2, 0.25) is 0 Å². The summed E-state index contributed by atoms with van der Waals surface area (Å²) in [6.07, 6.45) is -0.737. The molecular weight excluding hydrogens is 378 g/mol. The summed E-state index contributed by atoms with van der Waals surface area (Å²) in [6, 6.07) is 6.48. The lowest BCUT2D eigenvalue weighted by Crippen LogP contribution is -2.55. The van der Waals surface area contributed by atoms with Crippen molar-refractivity contribution in [3.05, 3.63) is 35.9 Å². The number of esters is 1. The largest absolute Gasteiger partial charge is 0.467 e. The molecule has 29 heavy (non-hydrogen) atoms. The number of carbonyl (C=O) groups is 4. The Morgan fingerprint density at radius 2 is 1.45 bits per heavy atom. The van der Waals surface area contributed by atoms with Gasteiger partial charge in [-0.25, -0.2) is 9.59 Å². The first-order chi connectivity index (χ1) is 13.6. The van der Waals surface area contributed by atoms with E-state index in [2.05, 4.69) is 20.7 Å². The Morgan fingerprint density at radius 1 is 0.862 bits per heavy atom. The molecule has 1 aromatic carbocycles. The van der Waals surface area contributed by atoms with Crippen molar-refractivity contribution in [3.63, 3.8) is 0 Å². The van der Waals surface area contributed by atoms with Crippen molar-refractivity contribution in [2.24, 2.45) is 5.92 Å². The average molecular weight is 407 g/mol. The number of hydrogen-bond acceptors (Lipinski definition) is 6. The number of amides is 3. The van der Waals surface area contributed by atoms with Gasteiger partial charge in [-0.1, -0.05) is 44.2 Å². The molecule has 9 heteroatoms. The molecule has 9 nitrogen and oxygen atoms in total. The van der Waals surface area contributed by atoms with Gasteiger partial charge in [0.2, 0.25) is 11.8 Å². The van der Waals surface area contributed by atoms with Gasteiger partial charge in [0.25, 0.3) is 0 Å². The summed E-state index contributed by atoms with van der Waals surface area (Å²) in [7, 11) is 1.21. The van der Waals surface area contributed by atoms with E-state index in [0.29, 0.717) is 0 Å². The van der Waals surface area contributed by atoms with Gasteiger partial charge in [0.05, 0.1) is 7.11 Å². The minimum absolute atomic E-state index is 0.0728. The predicted molar refractivity (Wildman–Crippen MR) is 106 cm³/mol. The number of benzene rings is 1. The highest BCUT2D eigenvalue weighted by atomic mass is 16.5. The molecule has 0 fully saturated rings. The highest BCUT2D eigenvalue weighted by Crippen LogP contribution is 2.05. The second kappa shape index (κ2) is 11.7. The maximum absolute atomic E-state index is 12.5. The monoisotopic (exact) mass is 407 g/mol. The van der Waals surface area contributed by atoms with Crippen molar-refractivity contribution < 1.29 is 28.7 Å². The summed E-state index contributed by atoms with van der Waals surface area (Å²) in [5, 5.41) is 7.49. The summed E-state index contributed by atoms with van der Waals surface area (Å²) >= 11 is 0. The van der Waals surface area contributed by atoms with E-state index in [-0.39, 0.29) is 12.5 Å². The summed E-state index contributed by atoms with van der Waals surface area (Å²) in [4.78, 5) is 48.1. The normalized spacial score (nSPS) is 13.6. The first-order valence-corrected chi connectivity index (χ1v) is 9.31. The van der Waals surface area contributed by atoms with Crippen LogP contribution in [0.4, 0.5) is 4.79 Å². The van der Waals surface area contributed by atoms with Gasteiger partial charge < -0.3 is 25.4 Å². The van der Waals surface area contributed by atoms with Gasteiger partial charge >= 0.3 is 12.1 Å². The molecule has 1 aromatic rings. The Hall–Kier alpha value is -3.10. The molecule has 0 heterocycles. The van der Waals surface area contributed by atoms with E-state index < -0.39 is 42.0 Å². The van der Waals surface area contributed by atoms with Crippen LogP contribution >= 0.6 is 0 Å². The summed E-state index contributed by atoms with van der Waals surface area (Å²) in [6.45, 7) is 6.53. The Bertz CT molecular complexity index is 707. The smallest absolute Gasteiger partial charge is 0.408 e. The third-order valence-corrected chi connectivity index (χ3v) is 4.10. The maximum atomic E-state index is 12.5. The van der Waals surface area contributed by atoms with Gasteiger partial charge in [0, 0.05) is 0 Å². The molecule has 0 unspecified atom stereocenters. The molecule has 0 aromatic heterocycles. The summed E-state index contributed by atoms with van der Waals surface area (Å²) in [5.74, 6) is -1.93. The SMILES string of the molecule is COC(=O)[C@H](C)NC(=O)[C@H](C)NC(=O)[C@@H](NC(=O)OCc1ccccc1)C(C)C. The third kappa shape index (κ3) is 8.20. The zero-order valence-corrected chi connectivity index (χ0v) is 17.4. The fraction of sp³-hybridized carbons (Fsp3) is 0.500. The van der Waals surface area contributed by atoms with Crippen molar-refractivity contribution in [1.82, 2.24) is 16.0 Å². The molecule has 0 saturated heterocycles. The van der Waals surface area contributed by atoms with Crippen LogP contribution in [-0.2, 0) is 30.5 Å². The van der Waals surface area contributed by atoms with Gasteiger partial charge in [-0.15, -0.1) is 0 Å². The zero-order valence-electron chi connectivity index (χ0n) is 17.4. The standard InChI is InChI=1S/C20H29N3O6/c1-12(2)16(23-20(27)29-11-15-9-7-6-8-10-15)18(25)21-13(3)17(24)22-14(4)19(26)28-5/h6-10,12-14,16H,11H2,1-5H3,(H,21,25)(H,22,24)(H,23,27)/t13-,14-,16-/m0/s1. The Balaban J connectivity index is 2.59. The number of ether oxygens (including phenoxy) is 2. The molecule has 0 spiro atoms. The Kier molecular flexibility index (Phi) is 9.64. The molecule has 3 atom stereocenters. The van der Waals surface area contributed by atoms with Gasteiger partial charge in [0.1, 0.15) is 24.7 Å². The fourth-order valence-corrected chi connectivity index (χ4v) is 2.37. The summed E-state index contributed by atoms with van der Waals surface area (Å²) < 4.78 is 9.68. The van der Waals surface area contributed by atoms with Gasteiger partial charge in [-0.3, -0.25) is 9.59 Å². The average Bonchev–Trinajstić information content (AvgIpc) is 2.69. The fourth-order valence-electron chi connectivity index (χ4n) is 2.37. The van der Waals surface area contributed by atoms with Crippen molar-refractivity contribution in [2.75, 3.05) is 7.11 Å². The maximum Gasteiger partial charge on any atom is 0.408 e. The van der Waals surface area contributed by atoms with E-state index in [9.17, 15) is 19.2 Å². The quantitative estimate of drug-likeness (QED) is 0.527. The van der Waals surface area contributed by atoms with E-state index in [4.69, 9.17) is 4.74 Å². The lowest BCUT2D eigenvalue weighted by Gasteiger charge is -2.24. The van der Waals surface area contributed by atoms with E-state index >= 15 is 0 Å². The van der Waals surface area contributed by atoms with Gasteiger partial charge in [-0.05, 0) is 25.3 Å². The Labute approximate surface area is 170 Å². The van der Waals surface area contributed by atoms with Crippen molar-refractivity contribution in [2.45, 2.75) is 52.4 Å². The number of nitrogens with one attached hydrogen (secondary N) is 3. The summed E-state index contributed by atoms with van der Waals surface area (Å²) in [5.41, 5.74) is 0.818. The Morgan fingerprint density at radius 3 is 2.00 bits per heavy atom. The molecule has 0 aliphatic rings.